The number of fused-ring (bicyclic) bond motifs is 2. The number of nitrogens with zero attached hydrogens (tertiary/aromatic N) is 1. The highest BCUT2D eigenvalue weighted by atomic mass is 16.5. The number of carbonyl (C=O) groups excluding carboxylic acids is 2. The minimum absolute atomic E-state index is 0.0374. The first-order chi connectivity index (χ1) is 17.6. The molecule has 8 heteroatoms. The van der Waals surface area contributed by atoms with Crippen LogP contribution in [0.15, 0.2) is 72.4 Å². The lowest BCUT2D eigenvalue weighted by molar-refractivity contribution is -0.116. The van der Waals surface area contributed by atoms with E-state index in [2.05, 4.69) is 48.3 Å². The number of ether oxygens (including phenoxy) is 2. The van der Waals surface area contributed by atoms with E-state index in [1.807, 2.05) is 43.3 Å². The topological polar surface area (TPSA) is 102 Å². The molecule has 2 aliphatic heterocycles. The van der Waals surface area contributed by atoms with Gasteiger partial charge in [-0.3, -0.25) is 4.79 Å². The van der Waals surface area contributed by atoms with Crippen LogP contribution in [0.1, 0.15) is 45.2 Å². The van der Waals surface area contributed by atoms with Gasteiger partial charge in [0, 0.05) is 23.9 Å². The number of nitrogens with one attached hydrogen (secondary N) is 3. The normalized spacial score (nSPS) is 23.5. The van der Waals surface area contributed by atoms with Gasteiger partial charge in [-0.2, -0.15) is 0 Å². The monoisotopic (exact) mass is 500 g/mol. The first-order valence-corrected chi connectivity index (χ1v) is 12.5. The molecule has 1 saturated carbocycles. The SMILES string of the molecule is C=C1/C(=C\C=C(/C)Oc2ccnc3c2CCC(=O)N3)O[C@@H]2[C@@H](NC(=O)Nc3ccc(C(C)(C)C)cc3)[C@H]12. The zero-order valence-corrected chi connectivity index (χ0v) is 21.6. The Labute approximate surface area is 216 Å². The van der Waals surface area contributed by atoms with Gasteiger partial charge in [0.05, 0.1) is 12.0 Å². The van der Waals surface area contributed by atoms with Crippen molar-refractivity contribution < 1.29 is 19.1 Å². The Balaban J connectivity index is 1.14. The smallest absolute Gasteiger partial charge is 0.319 e. The van der Waals surface area contributed by atoms with Crippen LogP contribution in [0.4, 0.5) is 16.3 Å². The average molecular weight is 501 g/mol. The zero-order chi connectivity index (χ0) is 26.3. The van der Waals surface area contributed by atoms with Crippen molar-refractivity contribution in [3.05, 3.63) is 83.5 Å². The molecule has 0 unspecified atom stereocenters. The number of pyridine rings is 1. The number of benzene rings is 1. The van der Waals surface area contributed by atoms with E-state index in [0.29, 0.717) is 35.9 Å². The molecule has 1 aromatic heterocycles. The number of rotatable bonds is 5. The number of amides is 3. The Bertz CT molecular complexity index is 1320. The average Bonchev–Trinajstić information content (AvgIpc) is 3.39. The summed E-state index contributed by atoms with van der Waals surface area (Å²) in [5.74, 6) is 2.61. The molecule has 2 fully saturated rings. The minimum Gasteiger partial charge on any atom is -0.487 e. The van der Waals surface area contributed by atoms with Gasteiger partial charge in [0.2, 0.25) is 5.91 Å². The fourth-order valence-electron chi connectivity index (χ4n) is 4.67. The van der Waals surface area contributed by atoms with Crippen molar-refractivity contribution in [3.8, 4) is 5.75 Å². The van der Waals surface area contributed by atoms with E-state index in [4.69, 9.17) is 9.47 Å². The molecule has 3 atom stereocenters. The summed E-state index contributed by atoms with van der Waals surface area (Å²) in [4.78, 5) is 28.3. The van der Waals surface area contributed by atoms with Crippen LogP contribution in [0.2, 0.25) is 0 Å². The van der Waals surface area contributed by atoms with Crippen molar-refractivity contribution >= 4 is 23.4 Å². The quantitative estimate of drug-likeness (QED) is 0.490. The molecule has 3 aliphatic rings. The predicted molar refractivity (Wildman–Crippen MR) is 142 cm³/mol. The van der Waals surface area contributed by atoms with E-state index in [0.717, 1.165) is 16.8 Å². The summed E-state index contributed by atoms with van der Waals surface area (Å²) in [5.41, 5.74) is 3.77. The van der Waals surface area contributed by atoms with Gasteiger partial charge in [0.25, 0.3) is 0 Å². The van der Waals surface area contributed by atoms with Crippen LogP contribution in [0.5, 0.6) is 5.75 Å². The summed E-state index contributed by atoms with van der Waals surface area (Å²) in [6, 6.07) is 9.33. The molecule has 3 N–H and O–H groups in total. The zero-order valence-electron chi connectivity index (χ0n) is 21.6. The molecule has 1 aliphatic carbocycles. The summed E-state index contributed by atoms with van der Waals surface area (Å²) < 4.78 is 12.0. The fourth-order valence-corrected chi connectivity index (χ4v) is 4.67. The summed E-state index contributed by atoms with van der Waals surface area (Å²) in [6.07, 6.45) is 6.17. The molecule has 8 nitrogen and oxygen atoms in total. The second-order valence-electron chi connectivity index (χ2n) is 10.7. The van der Waals surface area contributed by atoms with Crippen LogP contribution in [0.25, 0.3) is 0 Å². The Kier molecular flexibility index (Phi) is 6.27. The van der Waals surface area contributed by atoms with Crippen LogP contribution in [-0.4, -0.2) is 29.1 Å². The molecular weight excluding hydrogens is 468 g/mol. The Morgan fingerprint density at radius 3 is 2.65 bits per heavy atom. The molecule has 0 spiro atoms. The van der Waals surface area contributed by atoms with Gasteiger partial charge in [0.15, 0.2) is 0 Å². The van der Waals surface area contributed by atoms with Gasteiger partial charge in [0.1, 0.15) is 29.2 Å². The third kappa shape index (κ3) is 5.23. The largest absolute Gasteiger partial charge is 0.487 e. The van der Waals surface area contributed by atoms with Gasteiger partial charge in [-0.15, -0.1) is 0 Å². The maximum atomic E-state index is 12.5. The molecule has 5 rings (SSSR count). The Morgan fingerprint density at radius 2 is 1.97 bits per heavy atom. The van der Waals surface area contributed by atoms with E-state index in [-0.39, 0.29) is 35.4 Å². The molecule has 3 heterocycles. The number of hydrogen-bond acceptors (Lipinski definition) is 5. The maximum Gasteiger partial charge on any atom is 0.319 e. The van der Waals surface area contributed by atoms with Crippen molar-refractivity contribution in [2.45, 2.75) is 58.1 Å². The van der Waals surface area contributed by atoms with E-state index >= 15 is 0 Å². The van der Waals surface area contributed by atoms with Gasteiger partial charge in [-0.1, -0.05) is 39.5 Å². The molecular formula is C29H32N4O4. The van der Waals surface area contributed by atoms with Crippen LogP contribution < -0.4 is 20.7 Å². The molecule has 192 valence electrons. The number of urea groups is 1. The van der Waals surface area contributed by atoms with Crippen LogP contribution in [0, 0.1) is 5.92 Å². The van der Waals surface area contributed by atoms with E-state index < -0.39 is 0 Å². The third-order valence-electron chi connectivity index (χ3n) is 6.86. The second kappa shape index (κ2) is 9.42. The first-order valence-electron chi connectivity index (χ1n) is 12.5. The van der Waals surface area contributed by atoms with Crippen molar-refractivity contribution in [3.63, 3.8) is 0 Å². The summed E-state index contributed by atoms with van der Waals surface area (Å²) in [6.45, 7) is 12.5. The highest BCUT2D eigenvalue weighted by Gasteiger charge is 2.60. The molecule has 2 aromatic rings. The first kappa shape index (κ1) is 24.6. The second-order valence-corrected chi connectivity index (χ2v) is 10.7. The predicted octanol–water partition coefficient (Wildman–Crippen LogP) is 5.21. The van der Waals surface area contributed by atoms with E-state index in [1.165, 1.54) is 5.56 Å². The Morgan fingerprint density at radius 1 is 1.22 bits per heavy atom. The maximum absolute atomic E-state index is 12.5. The van der Waals surface area contributed by atoms with Crippen LogP contribution in [-0.2, 0) is 21.4 Å². The van der Waals surface area contributed by atoms with E-state index in [1.54, 1.807) is 12.3 Å². The molecule has 1 saturated heterocycles. The number of hydrogen-bond donors (Lipinski definition) is 3. The van der Waals surface area contributed by atoms with Crippen molar-refractivity contribution in [1.29, 1.82) is 0 Å². The van der Waals surface area contributed by atoms with Gasteiger partial charge in [-0.25, -0.2) is 9.78 Å². The van der Waals surface area contributed by atoms with Crippen molar-refractivity contribution in [2.24, 2.45) is 5.92 Å². The fraction of sp³-hybridized carbons (Fsp3) is 0.345. The highest BCUT2D eigenvalue weighted by molar-refractivity contribution is 5.93. The van der Waals surface area contributed by atoms with Gasteiger partial charge in [-0.05, 0) is 60.2 Å². The van der Waals surface area contributed by atoms with Gasteiger partial charge < -0.3 is 25.4 Å². The third-order valence-corrected chi connectivity index (χ3v) is 6.86. The summed E-state index contributed by atoms with van der Waals surface area (Å²) >= 11 is 0. The molecule has 3 amide bonds. The van der Waals surface area contributed by atoms with Crippen LogP contribution in [0.3, 0.4) is 0 Å². The number of aromatic nitrogens is 1. The molecule has 0 bridgehead atoms. The number of carbonyl (C=O) groups is 2. The van der Waals surface area contributed by atoms with Crippen LogP contribution >= 0.6 is 0 Å². The Hall–Kier alpha value is -4.07. The minimum atomic E-state index is -0.258. The molecule has 0 radical (unpaired) electrons. The van der Waals surface area contributed by atoms with Crippen molar-refractivity contribution in [2.75, 3.05) is 10.6 Å². The highest BCUT2D eigenvalue weighted by Crippen LogP contribution is 2.50. The van der Waals surface area contributed by atoms with Gasteiger partial charge >= 0.3 is 6.03 Å². The lowest BCUT2D eigenvalue weighted by Crippen LogP contribution is -2.34. The lowest BCUT2D eigenvalue weighted by atomic mass is 9.87. The number of allylic oxidation sites excluding steroid dienone is 4. The summed E-state index contributed by atoms with van der Waals surface area (Å²) in [5, 5.41) is 8.66. The van der Waals surface area contributed by atoms with Crippen molar-refractivity contribution in [1.82, 2.24) is 10.3 Å². The van der Waals surface area contributed by atoms with E-state index in [9.17, 15) is 9.59 Å². The summed E-state index contributed by atoms with van der Waals surface area (Å²) in [7, 11) is 0. The molecule has 37 heavy (non-hydrogen) atoms. The standard InChI is InChI=1S/C29H32N4O4/c1-16(36-22-14-15-30-27-20(22)11-13-23(34)32-27)6-12-21-17(2)24-25(26(24)37-21)33-28(35)31-19-9-7-18(8-10-19)29(3,4)5/h6-10,12,14-15,24-26H,2,11,13H2,1,3-5H3,(H,30,32,34)(H2,31,33,35)/b16-6+,21-12+/t24-,25-,26-/m0/s1. The number of anilines is 2. The molecule has 1 aromatic carbocycles. The lowest BCUT2D eigenvalue weighted by Gasteiger charge is -2.19.